The van der Waals surface area contributed by atoms with Crippen molar-refractivity contribution in [3.63, 3.8) is 0 Å². The smallest absolute Gasteiger partial charge is 0.318 e. The third-order valence-corrected chi connectivity index (χ3v) is 12.8. The van der Waals surface area contributed by atoms with E-state index < -0.39 is 12.1 Å². The standard InChI is InChI=1S/C45H56N10O4/c1-3-52-16-10-31(11-17-52)26-40(44(58)54-22-20-53(21-23-54)36-8-14-46-15-9-36)49-43(57)39(27-32-24-30(2)41-35(25-32)29-47-51-41)50-45(59)55-18-12-33(13-19-55)37-28-34-6-4-5-7-38(34)48-42(37)56/h4-9,14-15,24-25,28-29,31,33,39-40H,3,10-13,16-23,26-27H2,1-2H3,(H,47,51)(H,48,56)(H,49,57)(H,50,59)/t39-,40-/m0/s1. The fourth-order valence-corrected chi connectivity index (χ4v) is 9.30. The molecule has 4 amide bonds. The van der Waals surface area contributed by atoms with Crippen LogP contribution in [0.2, 0.25) is 0 Å². The summed E-state index contributed by atoms with van der Waals surface area (Å²) in [5.74, 6) is -0.142. The summed E-state index contributed by atoms with van der Waals surface area (Å²) in [5, 5.41) is 15.5. The van der Waals surface area contributed by atoms with E-state index in [9.17, 15) is 19.2 Å². The Labute approximate surface area is 344 Å². The van der Waals surface area contributed by atoms with Gasteiger partial charge in [-0.05, 0) is 117 Å². The summed E-state index contributed by atoms with van der Waals surface area (Å²) in [7, 11) is 0. The van der Waals surface area contributed by atoms with Crippen LogP contribution in [-0.4, -0.2) is 124 Å². The number of pyridine rings is 2. The maximum Gasteiger partial charge on any atom is 0.318 e. The number of fused-ring (bicyclic) bond motifs is 2. The lowest BCUT2D eigenvalue weighted by molar-refractivity contribution is -0.137. The number of aromatic amines is 2. The van der Waals surface area contributed by atoms with Gasteiger partial charge in [0.15, 0.2) is 0 Å². The molecule has 14 heteroatoms. The third-order valence-electron chi connectivity index (χ3n) is 12.8. The fourth-order valence-electron chi connectivity index (χ4n) is 9.30. The number of piperidine rings is 2. The van der Waals surface area contributed by atoms with Crippen molar-refractivity contribution in [2.45, 2.75) is 70.4 Å². The minimum absolute atomic E-state index is 0.0127. The topological polar surface area (TPSA) is 163 Å². The monoisotopic (exact) mass is 800 g/mol. The molecular weight excluding hydrogens is 745 g/mol. The van der Waals surface area contributed by atoms with E-state index in [1.165, 1.54) is 0 Å². The first-order valence-corrected chi connectivity index (χ1v) is 21.3. The minimum Gasteiger partial charge on any atom is -0.368 e. The zero-order chi connectivity index (χ0) is 40.9. The van der Waals surface area contributed by atoms with E-state index in [2.05, 4.69) is 47.5 Å². The lowest BCUT2D eigenvalue weighted by Gasteiger charge is -2.39. The lowest BCUT2D eigenvalue weighted by Crippen LogP contribution is -2.59. The summed E-state index contributed by atoms with van der Waals surface area (Å²) in [6.45, 7) is 10.5. The van der Waals surface area contributed by atoms with Gasteiger partial charge in [-0.25, -0.2) is 4.79 Å². The minimum atomic E-state index is -0.937. The second kappa shape index (κ2) is 18.0. The van der Waals surface area contributed by atoms with Crippen LogP contribution in [0.5, 0.6) is 0 Å². The Bertz CT molecular complexity index is 2300. The van der Waals surface area contributed by atoms with Gasteiger partial charge >= 0.3 is 6.03 Å². The van der Waals surface area contributed by atoms with Crippen LogP contribution < -0.4 is 21.1 Å². The molecule has 4 N–H and O–H groups in total. The molecule has 3 aliphatic heterocycles. The Kier molecular flexibility index (Phi) is 12.2. The number of urea groups is 1. The van der Waals surface area contributed by atoms with E-state index in [-0.39, 0.29) is 35.7 Å². The van der Waals surface area contributed by atoms with Gasteiger partial charge in [-0.15, -0.1) is 0 Å². The molecule has 0 aliphatic carbocycles. The number of benzene rings is 2. The third kappa shape index (κ3) is 9.27. The van der Waals surface area contributed by atoms with Gasteiger partial charge in [-0.1, -0.05) is 31.2 Å². The van der Waals surface area contributed by atoms with E-state index in [0.29, 0.717) is 64.4 Å². The van der Waals surface area contributed by atoms with Gasteiger partial charge in [-0.2, -0.15) is 5.10 Å². The summed E-state index contributed by atoms with van der Waals surface area (Å²) >= 11 is 0. The second-order valence-electron chi connectivity index (χ2n) is 16.5. The average molecular weight is 801 g/mol. The van der Waals surface area contributed by atoms with Gasteiger partial charge in [0.05, 0.1) is 11.7 Å². The number of rotatable bonds is 11. The number of aromatic nitrogens is 4. The number of para-hydroxylation sites is 1. The number of carbonyl (C=O) groups is 3. The number of carbonyl (C=O) groups excluding carboxylic acids is 3. The molecular formula is C45H56N10O4. The Balaban J connectivity index is 0.990. The van der Waals surface area contributed by atoms with Crippen molar-refractivity contribution in [1.29, 1.82) is 0 Å². The summed E-state index contributed by atoms with van der Waals surface area (Å²) in [6, 6.07) is 15.7. The largest absolute Gasteiger partial charge is 0.368 e. The van der Waals surface area contributed by atoms with Crippen molar-refractivity contribution in [2.75, 3.05) is 63.8 Å². The molecule has 3 aromatic heterocycles. The van der Waals surface area contributed by atoms with Crippen LogP contribution in [0.3, 0.4) is 0 Å². The normalized spacial score (nSPS) is 18.2. The van der Waals surface area contributed by atoms with Gasteiger partial charge in [0, 0.05) is 80.2 Å². The fraction of sp³-hybridized carbons (Fsp3) is 0.467. The average Bonchev–Trinajstić information content (AvgIpc) is 3.76. The molecule has 310 valence electrons. The van der Waals surface area contributed by atoms with Crippen LogP contribution in [0, 0.1) is 12.8 Å². The molecule has 14 nitrogen and oxygen atoms in total. The molecule has 5 aromatic rings. The SMILES string of the molecule is CCN1CCC(C[C@H](NC(=O)[C@H](Cc2cc(C)c3[nH]ncc3c2)NC(=O)N2CCC(c3cc4ccccc4[nH]c3=O)CC2)C(=O)N2CCN(c3ccncc3)CC2)CC1. The number of nitrogens with zero attached hydrogens (tertiary/aromatic N) is 6. The van der Waals surface area contributed by atoms with E-state index in [0.717, 1.165) is 76.7 Å². The number of aryl methyl sites for hydroxylation is 1. The zero-order valence-electron chi connectivity index (χ0n) is 34.2. The van der Waals surface area contributed by atoms with Crippen LogP contribution in [0.4, 0.5) is 10.5 Å². The molecule has 0 radical (unpaired) electrons. The number of nitrogens with one attached hydrogen (secondary N) is 4. The summed E-state index contributed by atoms with van der Waals surface area (Å²) < 4.78 is 0. The van der Waals surface area contributed by atoms with Crippen LogP contribution in [0.1, 0.15) is 61.6 Å². The van der Waals surface area contributed by atoms with Crippen LogP contribution in [0.15, 0.2) is 78.0 Å². The van der Waals surface area contributed by atoms with Crippen molar-refractivity contribution in [2.24, 2.45) is 5.92 Å². The van der Waals surface area contributed by atoms with E-state index in [1.807, 2.05) is 66.4 Å². The van der Waals surface area contributed by atoms with Gasteiger partial charge in [-0.3, -0.25) is 24.5 Å². The Morgan fingerprint density at radius 3 is 2.32 bits per heavy atom. The Morgan fingerprint density at radius 2 is 1.58 bits per heavy atom. The van der Waals surface area contributed by atoms with Crippen molar-refractivity contribution < 1.29 is 14.4 Å². The quantitative estimate of drug-likeness (QED) is 0.151. The molecule has 6 heterocycles. The van der Waals surface area contributed by atoms with E-state index >= 15 is 0 Å². The lowest BCUT2D eigenvalue weighted by atomic mass is 9.89. The molecule has 2 aromatic carbocycles. The Morgan fingerprint density at radius 1 is 0.831 bits per heavy atom. The first-order valence-electron chi connectivity index (χ1n) is 21.3. The summed E-state index contributed by atoms with van der Waals surface area (Å²) in [4.78, 5) is 71.7. The van der Waals surface area contributed by atoms with Crippen molar-refractivity contribution >= 4 is 45.3 Å². The summed E-state index contributed by atoms with van der Waals surface area (Å²) in [5.41, 5.74) is 5.32. The van der Waals surface area contributed by atoms with E-state index in [1.54, 1.807) is 23.5 Å². The number of H-pyrrole nitrogens is 2. The number of likely N-dealkylation sites (tertiary alicyclic amines) is 2. The predicted octanol–water partition coefficient (Wildman–Crippen LogP) is 4.56. The molecule has 0 bridgehead atoms. The van der Waals surface area contributed by atoms with Crippen molar-refractivity contribution in [3.8, 4) is 0 Å². The van der Waals surface area contributed by atoms with Gasteiger partial charge in [0.25, 0.3) is 5.56 Å². The molecule has 0 unspecified atom stereocenters. The van der Waals surface area contributed by atoms with Crippen molar-refractivity contribution in [1.82, 2.24) is 45.5 Å². The number of hydrogen-bond donors (Lipinski definition) is 4. The number of anilines is 1. The zero-order valence-corrected chi connectivity index (χ0v) is 34.2. The predicted molar refractivity (Wildman–Crippen MR) is 229 cm³/mol. The molecule has 59 heavy (non-hydrogen) atoms. The number of hydrogen-bond acceptors (Lipinski definition) is 8. The van der Waals surface area contributed by atoms with Gasteiger partial charge < -0.3 is 35.2 Å². The molecule has 3 aliphatic rings. The van der Waals surface area contributed by atoms with Gasteiger partial charge in [0.1, 0.15) is 12.1 Å². The summed E-state index contributed by atoms with van der Waals surface area (Å²) in [6.07, 6.45) is 9.30. The van der Waals surface area contributed by atoms with Crippen LogP contribution in [0.25, 0.3) is 21.8 Å². The second-order valence-corrected chi connectivity index (χ2v) is 16.5. The number of amides is 4. The van der Waals surface area contributed by atoms with E-state index in [4.69, 9.17) is 0 Å². The highest BCUT2D eigenvalue weighted by atomic mass is 16.2. The molecule has 8 rings (SSSR count). The Hall–Kier alpha value is -5.76. The molecule has 3 fully saturated rings. The maximum atomic E-state index is 14.6. The first-order chi connectivity index (χ1) is 28.7. The number of piperazine rings is 1. The van der Waals surface area contributed by atoms with Crippen molar-refractivity contribution in [3.05, 3.63) is 100 Å². The highest BCUT2D eigenvalue weighted by Gasteiger charge is 2.35. The van der Waals surface area contributed by atoms with Crippen LogP contribution in [-0.2, 0) is 16.0 Å². The molecule has 3 saturated heterocycles. The highest BCUT2D eigenvalue weighted by molar-refractivity contribution is 5.92. The molecule has 0 spiro atoms. The molecule has 0 saturated carbocycles. The van der Waals surface area contributed by atoms with Crippen LogP contribution >= 0.6 is 0 Å². The maximum absolute atomic E-state index is 14.6. The molecule has 2 atom stereocenters. The van der Waals surface area contributed by atoms with Gasteiger partial charge in [0.2, 0.25) is 11.8 Å². The highest BCUT2D eigenvalue weighted by Crippen LogP contribution is 2.28. The first kappa shape index (κ1) is 40.0.